The maximum atomic E-state index is 11.7. The van der Waals surface area contributed by atoms with E-state index in [1.54, 1.807) is 54.6 Å². The Morgan fingerprint density at radius 2 is 1.92 bits per heavy atom. The second kappa shape index (κ2) is 9.25. The summed E-state index contributed by atoms with van der Waals surface area (Å²) in [5.41, 5.74) is 5.70. The second-order valence-corrected chi connectivity index (χ2v) is 5.77. The van der Waals surface area contributed by atoms with Crippen LogP contribution >= 0.6 is 15.9 Å². The predicted molar refractivity (Wildman–Crippen MR) is 96.1 cm³/mol. The molecular weight excluding hydrogens is 386 g/mol. The Balaban J connectivity index is 1.75. The van der Waals surface area contributed by atoms with Crippen molar-refractivity contribution in [2.24, 2.45) is 0 Å². The lowest BCUT2D eigenvalue weighted by Gasteiger charge is -2.07. The molecule has 2 N–H and O–H groups in total. The van der Waals surface area contributed by atoms with Crippen LogP contribution in [0.3, 0.4) is 0 Å². The molecule has 6 nitrogen and oxygen atoms in total. The lowest BCUT2D eigenvalue weighted by Crippen LogP contribution is -2.43. The third kappa shape index (κ3) is 6.49. The van der Waals surface area contributed by atoms with Gasteiger partial charge in [-0.1, -0.05) is 28.1 Å². The smallest absolute Gasteiger partial charge is 0.276 e. The van der Waals surface area contributed by atoms with E-state index >= 15 is 0 Å². The van der Waals surface area contributed by atoms with Crippen LogP contribution < -0.4 is 15.6 Å². The van der Waals surface area contributed by atoms with Crippen LogP contribution in [-0.2, 0) is 9.59 Å². The van der Waals surface area contributed by atoms with Crippen molar-refractivity contribution in [1.29, 1.82) is 5.26 Å². The summed E-state index contributed by atoms with van der Waals surface area (Å²) in [5, 5.41) is 8.82. The van der Waals surface area contributed by atoms with E-state index in [-0.39, 0.29) is 6.61 Å². The van der Waals surface area contributed by atoms with E-state index < -0.39 is 11.8 Å². The van der Waals surface area contributed by atoms with Crippen molar-refractivity contribution in [1.82, 2.24) is 10.9 Å². The number of amides is 2. The zero-order chi connectivity index (χ0) is 18.1. The number of carbonyl (C=O) groups excluding carboxylic acids is 2. The zero-order valence-electron chi connectivity index (χ0n) is 13.0. The molecule has 0 aliphatic carbocycles. The van der Waals surface area contributed by atoms with Gasteiger partial charge >= 0.3 is 0 Å². The second-order valence-electron chi connectivity index (χ2n) is 4.85. The highest BCUT2D eigenvalue weighted by atomic mass is 79.9. The van der Waals surface area contributed by atoms with Gasteiger partial charge in [0.2, 0.25) is 0 Å². The number of nitrogens with one attached hydrogen (secondary N) is 2. The first kappa shape index (κ1) is 18.2. The Hall–Kier alpha value is -3.11. The van der Waals surface area contributed by atoms with Crippen LogP contribution in [0.2, 0.25) is 0 Å². The van der Waals surface area contributed by atoms with Gasteiger partial charge in [0.15, 0.2) is 6.61 Å². The van der Waals surface area contributed by atoms with E-state index in [1.807, 2.05) is 6.07 Å². The van der Waals surface area contributed by atoms with Gasteiger partial charge in [-0.2, -0.15) is 5.26 Å². The van der Waals surface area contributed by atoms with E-state index in [0.717, 1.165) is 4.47 Å². The first-order chi connectivity index (χ1) is 12.1. The molecular formula is C18H14BrN3O3. The van der Waals surface area contributed by atoms with E-state index in [0.29, 0.717) is 16.9 Å². The van der Waals surface area contributed by atoms with Gasteiger partial charge in [-0.3, -0.25) is 20.4 Å². The number of rotatable bonds is 5. The number of hydrogen-bond donors (Lipinski definition) is 2. The van der Waals surface area contributed by atoms with Crippen LogP contribution in [0.1, 0.15) is 11.1 Å². The predicted octanol–water partition coefficient (Wildman–Crippen LogP) is 2.56. The molecule has 0 radical (unpaired) electrons. The lowest BCUT2D eigenvalue weighted by atomic mass is 10.1. The van der Waals surface area contributed by atoms with Gasteiger partial charge in [0.25, 0.3) is 11.8 Å². The Kier molecular flexibility index (Phi) is 6.75. The molecule has 2 rings (SSSR count). The molecule has 126 valence electrons. The van der Waals surface area contributed by atoms with Crippen LogP contribution in [-0.4, -0.2) is 18.4 Å². The summed E-state index contributed by atoms with van der Waals surface area (Å²) in [6.45, 7) is -0.226. The number of hydrogen-bond acceptors (Lipinski definition) is 4. The van der Waals surface area contributed by atoms with Gasteiger partial charge in [0.05, 0.1) is 11.6 Å². The first-order valence-electron chi connectivity index (χ1n) is 7.22. The summed E-state index contributed by atoms with van der Waals surface area (Å²) in [6, 6.07) is 15.8. The fourth-order valence-electron chi connectivity index (χ4n) is 1.77. The maximum Gasteiger partial charge on any atom is 0.276 e. The van der Waals surface area contributed by atoms with Gasteiger partial charge < -0.3 is 4.74 Å². The number of ether oxygens (including phenoxy) is 1. The van der Waals surface area contributed by atoms with Crippen LogP contribution in [0.25, 0.3) is 6.08 Å². The Bertz CT molecular complexity index is 826. The molecule has 0 atom stereocenters. The largest absolute Gasteiger partial charge is 0.484 e. The van der Waals surface area contributed by atoms with E-state index in [2.05, 4.69) is 26.8 Å². The summed E-state index contributed by atoms with van der Waals surface area (Å²) in [5.74, 6) is -0.447. The third-order valence-electron chi connectivity index (χ3n) is 2.95. The average Bonchev–Trinajstić information content (AvgIpc) is 2.64. The number of halogens is 1. The lowest BCUT2D eigenvalue weighted by molar-refractivity contribution is -0.128. The van der Waals surface area contributed by atoms with Crippen molar-refractivity contribution in [3.63, 3.8) is 0 Å². The maximum absolute atomic E-state index is 11.7. The molecule has 0 fully saturated rings. The minimum Gasteiger partial charge on any atom is -0.484 e. The summed E-state index contributed by atoms with van der Waals surface area (Å²) in [6.07, 6.45) is 2.80. The third-order valence-corrected chi connectivity index (χ3v) is 3.48. The number of nitrogens with zero attached hydrogens (tertiary/aromatic N) is 1. The molecule has 0 spiro atoms. The Morgan fingerprint density at radius 3 is 2.64 bits per heavy atom. The van der Waals surface area contributed by atoms with Crippen molar-refractivity contribution in [2.75, 3.05) is 6.61 Å². The van der Waals surface area contributed by atoms with Crippen molar-refractivity contribution < 1.29 is 14.3 Å². The van der Waals surface area contributed by atoms with Gasteiger partial charge in [-0.25, -0.2) is 0 Å². The first-order valence-corrected chi connectivity index (χ1v) is 8.01. The summed E-state index contributed by atoms with van der Waals surface area (Å²) >= 11 is 3.30. The molecule has 7 heteroatoms. The van der Waals surface area contributed by atoms with Crippen molar-refractivity contribution in [2.45, 2.75) is 0 Å². The van der Waals surface area contributed by atoms with Gasteiger partial charge in [0, 0.05) is 10.5 Å². The standard InChI is InChI=1S/C18H14BrN3O3/c19-15-5-7-16(8-6-15)25-12-18(24)22-21-17(23)9-4-13-2-1-3-14(10-13)11-20/h1-10H,12H2,(H,21,23)(H,22,24)/b9-4+. The fraction of sp³-hybridized carbons (Fsp3) is 0.0556. The topological polar surface area (TPSA) is 91.2 Å². The summed E-state index contributed by atoms with van der Waals surface area (Å²) in [7, 11) is 0. The number of benzene rings is 2. The molecule has 25 heavy (non-hydrogen) atoms. The van der Waals surface area contributed by atoms with Gasteiger partial charge in [-0.15, -0.1) is 0 Å². The van der Waals surface area contributed by atoms with Crippen molar-refractivity contribution in [3.05, 3.63) is 70.2 Å². The van der Waals surface area contributed by atoms with E-state index in [4.69, 9.17) is 10.00 Å². The van der Waals surface area contributed by atoms with Crippen LogP contribution in [0, 0.1) is 11.3 Å². The van der Waals surface area contributed by atoms with Crippen molar-refractivity contribution in [3.8, 4) is 11.8 Å². The average molecular weight is 400 g/mol. The normalized spacial score (nSPS) is 10.1. The van der Waals surface area contributed by atoms with E-state index in [9.17, 15) is 9.59 Å². The molecule has 2 amide bonds. The number of nitriles is 1. The highest BCUT2D eigenvalue weighted by Gasteiger charge is 2.04. The molecule has 0 aromatic heterocycles. The highest BCUT2D eigenvalue weighted by Crippen LogP contribution is 2.15. The van der Waals surface area contributed by atoms with Crippen LogP contribution in [0.4, 0.5) is 0 Å². The van der Waals surface area contributed by atoms with Gasteiger partial charge in [-0.05, 0) is 48.0 Å². The van der Waals surface area contributed by atoms with Crippen molar-refractivity contribution >= 4 is 33.8 Å². The minimum absolute atomic E-state index is 0.226. The molecule has 0 bridgehead atoms. The zero-order valence-corrected chi connectivity index (χ0v) is 14.6. The molecule has 0 saturated heterocycles. The summed E-state index contributed by atoms with van der Waals surface area (Å²) in [4.78, 5) is 23.3. The Labute approximate surface area is 153 Å². The molecule has 0 unspecified atom stereocenters. The fourth-order valence-corrected chi connectivity index (χ4v) is 2.04. The molecule has 2 aromatic rings. The highest BCUT2D eigenvalue weighted by molar-refractivity contribution is 9.10. The minimum atomic E-state index is -0.501. The number of hydrazine groups is 1. The Morgan fingerprint density at radius 1 is 1.16 bits per heavy atom. The molecule has 0 heterocycles. The monoisotopic (exact) mass is 399 g/mol. The van der Waals surface area contributed by atoms with Gasteiger partial charge in [0.1, 0.15) is 5.75 Å². The molecule has 0 aliphatic rings. The molecule has 2 aromatic carbocycles. The summed E-state index contributed by atoms with van der Waals surface area (Å²) < 4.78 is 6.18. The quantitative estimate of drug-likeness (QED) is 0.596. The molecule has 0 aliphatic heterocycles. The molecule has 0 saturated carbocycles. The SMILES string of the molecule is N#Cc1cccc(/C=C/C(=O)NNC(=O)COc2ccc(Br)cc2)c1. The van der Waals surface area contributed by atoms with Crippen LogP contribution in [0.5, 0.6) is 5.75 Å². The van der Waals surface area contributed by atoms with Crippen LogP contribution in [0.15, 0.2) is 59.1 Å². The van der Waals surface area contributed by atoms with E-state index in [1.165, 1.54) is 6.08 Å². The number of carbonyl (C=O) groups is 2.